The van der Waals surface area contributed by atoms with Crippen LogP contribution >= 0.6 is 0 Å². The molecule has 1 fully saturated rings. The van der Waals surface area contributed by atoms with Gasteiger partial charge in [0.2, 0.25) is 0 Å². The molecule has 0 spiro atoms. The second kappa shape index (κ2) is 13.6. The van der Waals surface area contributed by atoms with Crippen molar-refractivity contribution < 1.29 is 24.2 Å². The van der Waals surface area contributed by atoms with Crippen LogP contribution in [0.3, 0.4) is 0 Å². The Morgan fingerprint density at radius 1 is 0.905 bits per heavy atom. The Balaban J connectivity index is 1.19. The Morgan fingerprint density at radius 2 is 1.62 bits per heavy atom. The molecule has 8 heteroatoms. The number of para-hydroxylation sites is 1. The van der Waals surface area contributed by atoms with Crippen LogP contribution in [-0.2, 0) is 11.2 Å². The van der Waals surface area contributed by atoms with Gasteiger partial charge in [0.25, 0.3) is 5.91 Å². The van der Waals surface area contributed by atoms with E-state index in [1.54, 1.807) is 85.2 Å². The number of pyridine rings is 1. The summed E-state index contributed by atoms with van der Waals surface area (Å²) in [6, 6.07) is 25.7. The lowest BCUT2D eigenvalue weighted by Gasteiger charge is -2.23. The molecule has 1 heterocycles. The minimum absolute atomic E-state index is 0.0480. The SMILES string of the molecule is O=C(c1ccccc1)c1ccccc1NC(Cc1ccc(OCCN(CC2CC2)C(=O)c2cccnc2)cc1)C(=O)O. The summed E-state index contributed by atoms with van der Waals surface area (Å²) in [6.45, 7) is 1.50. The quantitative estimate of drug-likeness (QED) is 0.199. The lowest BCUT2D eigenvalue weighted by Crippen LogP contribution is -2.36. The Hall–Kier alpha value is -4.98. The molecule has 8 nitrogen and oxygen atoms in total. The number of carboxylic acids is 1. The number of nitrogens with zero attached hydrogens (tertiary/aromatic N) is 2. The van der Waals surface area contributed by atoms with Crippen LogP contribution in [0.1, 0.15) is 44.7 Å². The van der Waals surface area contributed by atoms with Crippen molar-refractivity contribution in [3.8, 4) is 5.75 Å². The minimum Gasteiger partial charge on any atom is -0.492 e. The van der Waals surface area contributed by atoms with Crippen molar-refractivity contribution in [3.05, 3.63) is 126 Å². The highest BCUT2D eigenvalue weighted by atomic mass is 16.5. The number of rotatable bonds is 14. The molecule has 3 aromatic carbocycles. The van der Waals surface area contributed by atoms with Crippen molar-refractivity contribution in [2.45, 2.75) is 25.3 Å². The van der Waals surface area contributed by atoms with Gasteiger partial charge < -0.3 is 20.1 Å². The van der Waals surface area contributed by atoms with Crippen LogP contribution in [0, 0.1) is 5.92 Å². The number of carboxylic acid groups (broad SMARTS) is 1. The smallest absolute Gasteiger partial charge is 0.326 e. The van der Waals surface area contributed by atoms with Crippen LogP contribution < -0.4 is 10.1 Å². The largest absolute Gasteiger partial charge is 0.492 e. The molecule has 0 saturated heterocycles. The second-order valence-electron chi connectivity index (χ2n) is 10.4. The fourth-order valence-corrected chi connectivity index (χ4v) is 4.73. The molecular weight excluding hydrogens is 530 g/mol. The maximum Gasteiger partial charge on any atom is 0.326 e. The highest BCUT2D eigenvalue weighted by Crippen LogP contribution is 2.30. The number of ketones is 1. The predicted molar refractivity (Wildman–Crippen MR) is 160 cm³/mol. The molecule has 1 atom stereocenters. The fraction of sp³-hybridized carbons (Fsp3) is 0.235. The van der Waals surface area contributed by atoms with Crippen molar-refractivity contribution in [2.75, 3.05) is 25.0 Å². The Kier molecular flexibility index (Phi) is 9.23. The number of hydrogen-bond donors (Lipinski definition) is 2. The molecule has 42 heavy (non-hydrogen) atoms. The van der Waals surface area contributed by atoms with Crippen LogP contribution in [0.4, 0.5) is 5.69 Å². The van der Waals surface area contributed by atoms with E-state index in [0.29, 0.717) is 53.7 Å². The van der Waals surface area contributed by atoms with E-state index in [1.807, 2.05) is 23.1 Å². The summed E-state index contributed by atoms with van der Waals surface area (Å²) in [6.07, 6.45) is 5.72. The highest BCUT2D eigenvalue weighted by Gasteiger charge is 2.27. The number of amides is 1. The summed E-state index contributed by atoms with van der Waals surface area (Å²) < 4.78 is 5.93. The molecule has 0 aliphatic heterocycles. The van der Waals surface area contributed by atoms with Crippen LogP contribution in [-0.4, -0.2) is 58.4 Å². The molecule has 1 aliphatic rings. The van der Waals surface area contributed by atoms with Gasteiger partial charge >= 0.3 is 5.97 Å². The number of benzene rings is 3. The minimum atomic E-state index is -1.02. The van der Waals surface area contributed by atoms with Gasteiger partial charge in [0, 0.05) is 42.2 Å². The van der Waals surface area contributed by atoms with E-state index in [0.717, 1.165) is 18.4 Å². The third-order valence-electron chi connectivity index (χ3n) is 7.20. The zero-order valence-electron chi connectivity index (χ0n) is 23.2. The van der Waals surface area contributed by atoms with Crippen LogP contribution in [0.5, 0.6) is 5.75 Å². The monoisotopic (exact) mass is 563 g/mol. The normalized spacial score (nSPS) is 13.1. The number of hydrogen-bond acceptors (Lipinski definition) is 6. The van der Waals surface area contributed by atoms with Crippen molar-refractivity contribution in [3.63, 3.8) is 0 Å². The average Bonchev–Trinajstić information content (AvgIpc) is 3.85. The van der Waals surface area contributed by atoms with E-state index in [4.69, 9.17) is 4.74 Å². The lowest BCUT2D eigenvalue weighted by molar-refractivity contribution is -0.137. The van der Waals surface area contributed by atoms with Gasteiger partial charge in [-0.2, -0.15) is 0 Å². The zero-order valence-corrected chi connectivity index (χ0v) is 23.2. The first kappa shape index (κ1) is 28.5. The number of aromatic nitrogens is 1. The summed E-state index contributed by atoms with van der Waals surface area (Å²) in [4.78, 5) is 44.1. The van der Waals surface area contributed by atoms with Crippen LogP contribution in [0.2, 0.25) is 0 Å². The van der Waals surface area contributed by atoms with Crippen molar-refractivity contribution in [2.24, 2.45) is 5.92 Å². The van der Waals surface area contributed by atoms with Gasteiger partial charge in [-0.25, -0.2) is 4.79 Å². The van der Waals surface area contributed by atoms with Crippen molar-refractivity contribution in [1.82, 2.24) is 9.88 Å². The fourth-order valence-electron chi connectivity index (χ4n) is 4.73. The van der Waals surface area contributed by atoms with E-state index in [9.17, 15) is 19.5 Å². The molecule has 1 aromatic heterocycles. The number of nitrogens with one attached hydrogen (secondary N) is 1. The second-order valence-corrected chi connectivity index (χ2v) is 10.4. The van der Waals surface area contributed by atoms with Gasteiger partial charge in [-0.05, 0) is 60.7 Å². The van der Waals surface area contributed by atoms with Gasteiger partial charge in [0.05, 0.1) is 12.1 Å². The molecule has 4 aromatic rings. The van der Waals surface area contributed by atoms with Crippen molar-refractivity contribution >= 4 is 23.3 Å². The van der Waals surface area contributed by atoms with Crippen LogP contribution in [0.15, 0.2) is 103 Å². The molecule has 1 aliphatic carbocycles. The topological polar surface area (TPSA) is 109 Å². The van der Waals surface area contributed by atoms with Gasteiger partial charge in [-0.15, -0.1) is 0 Å². The first-order valence-corrected chi connectivity index (χ1v) is 14.1. The molecule has 5 rings (SSSR count). The zero-order chi connectivity index (χ0) is 29.3. The highest BCUT2D eigenvalue weighted by molar-refractivity contribution is 6.12. The van der Waals surface area contributed by atoms with Crippen molar-refractivity contribution in [1.29, 1.82) is 0 Å². The van der Waals surface area contributed by atoms with Gasteiger partial charge in [-0.3, -0.25) is 14.6 Å². The molecular formula is C34H33N3O5. The molecule has 1 amide bonds. The third-order valence-corrected chi connectivity index (χ3v) is 7.20. The molecule has 0 radical (unpaired) electrons. The van der Waals surface area contributed by atoms with E-state index >= 15 is 0 Å². The van der Waals surface area contributed by atoms with Gasteiger partial charge in [0.15, 0.2) is 5.78 Å². The Labute approximate surface area is 245 Å². The maximum atomic E-state index is 13.1. The number of carbonyl (C=O) groups is 3. The van der Waals surface area contributed by atoms with E-state index < -0.39 is 12.0 Å². The summed E-state index contributed by atoms with van der Waals surface area (Å²) in [5.41, 5.74) is 2.78. The molecule has 0 bridgehead atoms. The van der Waals surface area contributed by atoms with E-state index in [-0.39, 0.29) is 18.1 Å². The first-order chi connectivity index (χ1) is 20.5. The molecule has 214 valence electrons. The summed E-state index contributed by atoms with van der Waals surface area (Å²) in [5.74, 6) is -0.0663. The van der Waals surface area contributed by atoms with Gasteiger partial charge in [0.1, 0.15) is 18.4 Å². The predicted octanol–water partition coefficient (Wildman–Crippen LogP) is 5.35. The number of anilines is 1. The van der Waals surface area contributed by atoms with Crippen LogP contribution in [0.25, 0.3) is 0 Å². The summed E-state index contributed by atoms with van der Waals surface area (Å²) in [7, 11) is 0. The average molecular weight is 564 g/mol. The Morgan fingerprint density at radius 3 is 2.31 bits per heavy atom. The third kappa shape index (κ3) is 7.60. The molecule has 2 N–H and O–H groups in total. The Bertz CT molecular complexity index is 1510. The summed E-state index contributed by atoms with van der Waals surface area (Å²) in [5, 5.41) is 13.0. The van der Waals surface area contributed by atoms with E-state index in [2.05, 4.69) is 10.3 Å². The number of ether oxygens (including phenoxy) is 1. The van der Waals surface area contributed by atoms with Gasteiger partial charge in [-0.1, -0.05) is 54.6 Å². The lowest BCUT2D eigenvalue weighted by atomic mass is 10.00. The molecule has 1 saturated carbocycles. The maximum absolute atomic E-state index is 13.1. The molecule has 1 unspecified atom stereocenters. The first-order valence-electron chi connectivity index (χ1n) is 14.1. The standard InChI is InChI=1S/C34H33N3O5/c38-32(26-7-2-1-3-8-26)29-10-4-5-11-30(29)36-31(34(40)41)21-24-14-16-28(17-15-24)42-20-19-37(23-25-12-13-25)33(39)27-9-6-18-35-22-27/h1-11,14-18,22,25,31,36H,12-13,19-21,23H2,(H,40,41). The number of aliphatic carboxylic acids is 1. The number of carbonyl (C=O) groups excluding carboxylic acids is 2. The summed E-state index contributed by atoms with van der Waals surface area (Å²) >= 11 is 0. The van der Waals surface area contributed by atoms with E-state index in [1.165, 1.54) is 0 Å².